The molecule has 1 spiro atoms. The van der Waals surface area contributed by atoms with Gasteiger partial charge in [0.05, 0.1) is 16.8 Å². The summed E-state index contributed by atoms with van der Waals surface area (Å²) in [5, 5.41) is 4.42. The normalized spacial score (nSPS) is 27.7. The van der Waals surface area contributed by atoms with Crippen LogP contribution in [0.15, 0.2) is 22.7 Å². The van der Waals surface area contributed by atoms with E-state index in [9.17, 15) is 0 Å². The maximum atomic E-state index is 6.26. The van der Waals surface area contributed by atoms with Crippen LogP contribution < -0.4 is 5.32 Å². The number of anilines is 1. The van der Waals surface area contributed by atoms with Crippen LogP contribution in [0.1, 0.15) is 32.6 Å². The second-order valence-corrected chi connectivity index (χ2v) is 6.91. The summed E-state index contributed by atoms with van der Waals surface area (Å²) in [6, 6.07) is 6.46. The Labute approximate surface area is 128 Å². The van der Waals surface area contributed by atoms with Crippen LogP contribution in [-0.4, -0.2) is 18.8 Å². The van der Waals surface area contributed by atoms with Crippen LogP contribution in [0.25, 0.3) is 0 Å². The highest BCUT2D eigenvalue weighted by Crippen LogP contribution is 2.58. The lowest BCUT2D eigenvalue weighted by molar-refractivity contribution is -0.157. The number of hydrogen-bond donors (Lipinski definition) is 1. The van der Waals surface area contributed by atoms with Gasteiger partial charge in [-0.2, -0.15) is 0 Å². The van der Waals surface area contributed by atoms with E-state index in [1.807, 2.05) is 12.1 Å². The number of halogens is 2. The Bertz CT molecular complexity index is 475. The summed E-state index contributed by atoms with van der Waals surface area (Å²) in [6.07, 6.45) is 5.42. The molecule has 3 rings (SSSR count). The van der Waals surface area contributed by atoms with Gasteiger partial charge in [-0.25, -0.2) is 0 Å². The van der Waals surface area contributed by atoms with E-state index in [0.717, 1.165) is 28.2 Å². The fraction of sp³-hybridized carbons (Fsp3) is 0.600. The molecule has 0 aromatic heterocycles. The summed E-state index contributed by atoms with van der Waals surface area (Å²) in [5.74, 6) is 0. The summed E-state index contributed by atoms with van der Waals surface area (Å²) >= 11 is 9.76. The van der Waals surface area contributed by atoms with Crippen molar-refractivity contribution in [3.05, 3.63) is 27.7 Å². The van der Waals surface area contributed by atoms with Crippen LogP contribution in [0.2, 0.25) is 5.02 Å². The van der Waals surface area contributed by atoms with Crippen molar-refractivity contribution in [3.8, 4) is 0 Å². The summed E-state index contributed by atoms with van der Waals surface area (Å²) in [4.78, 5) is 0. The highest BCUT2D eigenvalue weighted by molar-refractivity contribution is 9.10. The van der Waals surface area contributed by atoms with E-state index in [1.165, 1.54) is 19.3 Å². The number of nitrogens with one attached hydrogen (secondary N) is 1. The number of hydrogen-bond acceptors (Lipinski definition) is 2. The minimum absolute atomic E-state index is 0.363. The predicted octanol–water partition coefficient (Wildman–Crippen LogP) is 4.86. The molecule has 1 N–H and O–H groups in total. The lowest BCUT2D eigenvalue weighted by Crippen LogP contribution is -2.64. The molecule has 0 amide bonds. The fourth-order valence-electron chi connectivity index (χ4n) is 3.44. The first-order valence-electron chi connectivity index (χ1n) is 6.99. The molecule has 0 radical (unpaired) electrons. The maximum Gasteiger partial charge on any atom is 0.0670 e. The molecule has 104 valence electrons. The van der Waals surface area contributed by atoms with Gasteiger partial charge in [0, 0.05) is 22.5 Å². The largest absolute Gasteiger partial charge is 0.380 e. The van der Waals surface area contributed by atoms with Gasteiger partial charge in [0.2, 0.25) is 0 Å². The minimum atomic E-state index is 0.363. The standard InChI is InChI=1S/C15H19BrClNO/c1-2-19-14-9-13(15(14)6-3-7-15)18-12-8-10(16)4-5-11(12)17/h4-5,8,13-14,18H,2-3,6-7,9H2,1H3. The van der Waals surface area contributed by atoms with Crippen molar-refractivity contribution < 1.29 is 4.74 Å². The van der Waals surface area contributed by atoms with Gasteiger partial charge in [-0.05, 0) is 44.4 Å². The summed E-state index contributed by atoms with van der Waals surface area (Å²) in [6.45, 7) is 2.90. The Morgan fingerprint density at radius 3 is 2.89 bits per heavy atom. The Hall–Kier alpha value is -0.250. The van der Waals surface area contributed by atoms with Crippen LogP contribution in [0, 0.1) is 5.41 Å². The van der Waals surface area contributed by atoms with Crippen molar-refractivity contribution in [2.24, 2.45) is 5.41 Å². The summed E-state index contributed by atoms with van der Waals surface area (Å²) in [5.41, 5.74) is 1.39. The monoisotopic (exact) mass is 343 g/mol. The van der Waals surface area contributed by atoms with E-state index >= 15 is 0 Å². The number of rotatable bonds is 4. The Morgan fingerprint density at radius 2 is 2.26 bits per heavy atom. The molecule has 2 fully saturated rings. The zero-order valence-corrected chi connectivity index (χ0v) is 13.4. The average Bonchev–Trinajstić information content (AvgIpc) is 2.30. The number of benzene rings is 1. The van der Waals surface area contributed by atoms with Crippen molar-refractivity contribution in [2.45, 2.75) is 44.8 Å². The first kappa shape index (κ1) is 13.7. The van der Waals surface area contributed by atoms with E-state index in [1.54, 1.807) is 0 Å². The van der Waals surface area contributed by atoms with Crippen LogP contribution in [0.5, 0.6) is 0 Å². The molecule has 19 heavy (non-hydrogen) atoms. The zero-order valence-electron chi connectivity index (χ0n) is 11.1. The Balaban J connectivity index is 1.72. The molecule has 2 atom stereocenters. The van der Waals surface area contributed by atoms with Gasteiger partial charge in [0.1, 0.15) is 0 Å². The lowest BCUT2D eigenvalue weighted by Gasteiger charge is -2.61. The van der Waals surface area contributed by atoms with E-state index < -0.39 is 0 Å². The average molecular weight is 345 g/mol. The summed E-state index contributed by atoms with van der Waals surface area (Å²) in [7, 11) is 0. The van der Waals surface area contributed by atoms with E-state index in [0.29, 0.717) is 17.6 Å². The van der Waals surface area contributed by atoms with Crippen LogP contribution in [0.3, 0.4) is 0 Å². The van der Waals surface area contributed by atoms with Crippen molar-refractivity contribution in [1.82, 2.24) is 0 Å². The maximum absolute atomic E-state index is 6.26. The third-order valence-corrected chi connectivity index (χ3v) is 5.52. The van der Waals surface area contributed by atoms with Crippen molar-refractivity contribution in [2.75, 3.05) is 11.9 Å². The van der Waals surface area contributed by atoms with Gasteiger partial charge < -0.3 is 10.1 Å². The van der Waals surface area contributed by atoms with E-state index in [4.69, 9.17) is 16.3 Å². The van der Waals surface area contributed by atoms with Crippen molar-refractivity contribution >= 4 is 33.2 Å². The van der Waals surface area contributed by atoms with Gasteiger partial charge in [0.25, 0.3) is 0 Å². The molecule has 2 saturated carbocycles. The molecule has 2 unspecified atom stereocenters. The molecular weight excluding hydrogens is 326 g/mol. The third kappa shape index (κ3) is 2.30. The van der Waals surface area contributed by atoms with Gasteiger partial charge in [-0.1, -0.05) is 34.0 Å². The second-order valence-electron chi connectivity index (χ2n) is 5.59. The molecule has 2 nitrogen and oxygen atoms in total. The smallest absolute Gasteiger partial charge is 0.0670 e. The first-order valence-corrected chi connectivity index (χ1v) is 8.16. The molecule has 1 aromatic rings. The third-order valence-electron chi connectivity index (χ3n) is 4.70. The molecule has 1 aromatic carbocycles. The van der Waals surface area contributed by atoms with Gasteiger partial charge in [-0.15, -0.1) is 0 Å². The molecule has 0 bridgehead atoms. The molecule has 2 aliphatic rings. The lowest BCUT2D eigenvalue weighted by atomic mass is 9.51. The highest BCUT2D eigenvalue weighted by atomic mass is 79.9. The quantitative estimate of drug-likeness (QED) is 0.842. The molecule has 0 saturated heterocycles. The van der Waals surface area contributed by atoms with Crippen LogP contribution in [0.4, 0.5) is 5.69 Å². The zero-order chi connectivity index (χ0) is 13.5. The van der Waals surface area contributed by atoms with E-state index in [2.05, 4.69) is 34.2 Å². The Morgan fingerprint density at radius 1 is 1.47 bits per heavy atom. The van der Waals surface area contributed by atoms with Crippen LogP contribution >= 0.6 is 27.5 Å². The second kappa shape index (κ2) is 5.27. The van der Waals surface area contributed by atoms with Crippen LogP contribution in [-0.2, 0) is 4.74 Å². The van der Waals surface area contributed by atoms with Crippen molar-refractivity contribution in [1.29, 1.82) is 0 Å². The molecular formula is C15H19BrClNO. The predicted molar refractivity (Wildman–Crippen MR) is 82.9 cm³/mol. The SMILES string of the molecule is CCOC1CC(Nc2cc(Br)ccc2Cl)C12CCC2. The van der Waals surface area contributed by atoms with E-state index in [-0.39, 0.29) is 0 Å². The number of ether oxygens (including phenoxy) is 1. The topological polar surface area (TPSA) is 21.3 Å². The van der Waals surface area contributed by atoms with Crippen molar-refractivity contribution in [3.63, 3.8) is 0 Å². The first-order chi connectivity index (χ1) is 9.15. The van der Waals surface area contributed by atoms with Gasteiger partial charge >= 0.3 is 0 Å². The highest BCUT2D eigenvalue weighted by Gasteiger charge is 2.58. The summed E-state index contributed by atoms with van der Waals surface area (Å²) < 4.78 is 6.93. The minimum Gasteiger partial charge on any atom is -0.380 e. The molecule has 4 heteroatoms. The molecule has 2 aliphatic carbocycles. The van der Waals surface area contributed by atoms with Gasteiger partial charge in [0.15, 0.2) is 0 Å². The Kier molecular flexibility index (Phi) is 3.80. The molecule has 0 heterocycles. The fourth-order valence-corrected chi connectivity index (χ4v) is 3.97. The van der Waals surface area contributed by atoms with Gasteiger partial charge in [-0.3, -0.25) is 0 Å². The molecule has 0 aliphatic heterocycles.